The van der Waals surface area contributed by atoms with Gasteiger partial charge in [0.1, 0.15) is 0 Å². The van der Waals surface area contributed by atoms with Crippen molar-refractivity contribution >= 4 is 5.57 Å². The van der Waals surface area contributed by atoms with E-state index in [4.69, 9.17) is 0 Å². The van der Waals surface area contributed by atoms with Crippen LogP contribution in [0.5, 0.6) is 0 Å². The average Bonchev–Trinajstić information content (AvgIpc) is 2.80. The molecule has 2 bridgehead atoms. The lowest BCUT2D eigenvalue weighted by molar-refractivity contribution is 0.695. The van der Waals surface area contributed by atoms with Crippen LogP contribution in [0, 0.1) is 11.8 Å². The van der Waals surface area contributed by atoms with Gasteiger partial charge in [0.15, 0.2) is 0 Å². The molecule has 1 aromatic carbocycles. The molecule has 2 atom stereocenters. The van der Waals surface area contributed by atoms with Crippen LogP contribution >= 0.6 is 0 Å². The third-order valence-corrected chi connectivity index (χ3v) is 3.44. The van der Waals surface area contributed by atoms with E-state index in [1.807, 2.05) is 0 Å². The lowest BCUT2D eigenvalue weighted by atomic mass is 9.92. The SMILES string of the molecule is C1=C(c2ccccc2)[C@@H]2CC[C@@H]1C2. The zero-order valence-corrected chi connectivity index (χ0v) is 7.74. The fourth-order valence-electron chi connectivity index (χ4n) is 2.80. The molecule has 0 aromatic heterocycles. The molecule has 2 aliphatic rings. The predicted molar refractivity (Wildman–Crippen MR) is 55.3 cm³/mol. The van der Waals surface area contributed by atoms with Gasteiger partial charge >= 0.3 is 0 Å². The van der Waals surface area contributed by atoms with Crippen LogP contribution in [0.2, 0.25) is 0 Å². The van der Waals surface area contributed by atoms with Crippen LogP contribution in [0.4, 0.5) is 0 Å². The quantitative estimate of drug-likeness (QED) is 0.605. The van der Waals surface area contributed by atoms with Gasteiger partial charge in [0.05, 0.1) is 0 Å². The van der Waals surface area contributed by atoms with Crippen molar-refractivity contribution in [2.24, 2.45) is 11.8 Å². The molecule has 66 valence electrons. The van der Waals surface area contributed by atoms with Gasteiger partial charge in [0.25, 0.3) is 0 Å². The maximum atomic E-state index is 2.50. The first-order valence-corrected chi connectivity index (χ1v) is 5.20. The van der Waals surface area contributed by atoms with Crippen molar-refractivity contribution in [1.82, 2.24) is 0 Å². The molecule has 1 saturated carbocycles. The molecule has 0 aliphatic heterocycles. The lowest BCUT2D eigenvalue weighted by Gasteiger charge is -2.12. The van der Waals surface area contributed by atoms with Gasteiger partial charge in [-0.25, -0.2) is 0 Å². The minimum Gasteiger partial charge on any atom is -0.0773 e. The van der Waals surface area contributed by atoms with Gasteiger partial charge in [-0.3, -0.25) is 0 Å². The Balaban J connectivity index is 1.99. The molecule has 0 spiro atoms. The summed E-state index contributed by atoms with van der Waals surface area (Å²) < 4.78 is 0. The van der Waals surface area contributed by atoms with Gasteiger partial charge in [-0.1, -0.05) is 36.4 Å². The van der Waals surface area contributed by atoms with Crippen LogP contribution in [0.3, 0.4) is 0 Å². The molecule has 1 aromatic rings. The summed E-state index contributed by atoms with van der Waals surface area (Å²) in [5, 5.41) is 0. The molecule has 0 unspecified atom stereocenters. The third kappa shape index (κ3) is 1.13. The molecular formula is C13H14. The highest BCUT2D eigenvalue weighted by Crippen LogP contribution is 2.47. The second kappa shape index (κ2) is 2.73. The van der Waals surface area contributed by atoms with Crippen molar-refractivity contribution < 1.29 is 0 Å². The Kier molecular flexibility index (Phi) is 1.55. The number of allylic oxidation sites excluding steroid dienone is 2. The summed E-state index contributed by atoms with van der Waals surface area (Å²) in [6.07, 6.45) is 6.78. The molecule has 3 rings (SSSR count). The van der Waals surface area contributed by atoms with Crippen LogP contribution in [-0.2, 0) is 0 Å². The standard InChI is InChI=1S/C13H14/c1-2-4-11(5-3-1)13-9-10-6-7-12(13)8-10/h1-5,9-10,12H,6-8H2/t10-,12-/m1/s1. The number of hydrogen-bond donors (Lipinski definition) is 0. The van der Waals surface area contributed by atoms with Crippen LogP contribution < -0.4 is 0 Å². The smallest absolute Gasteiger partial charge is 0.0153 e. The second-order valence-corrected chi connectivity index (χ2v) is 4.26. The van der Waals surface area contributed by atoms with E-state index in [2.05, 4.69) is 36.4 Å². The van der Waals surface area contributed by atoms with Crippen LogP contribution in [-0.4, -0.2) is 0 Å². The van der Waals surface area contributed by atoms with E-state index in [0.29, 0.717) is 0 Å². The first kappa shape index (κ1) is 7.37. The van der Waals surface area contributed by atoms with E-state index < -0.39 is 0 Å². The van der Waals surface area contributed by atoms with Gasteiger partial charge in [-0.05, 0) is 42.2 Å². The Morgan fingerprint density at radius 1 is 1.00 bits per heavy atom. The Morgan fingerprint density at radius 3 is 2.46 bits per heavy atom. The first-order valence-electron chi connectivity index (χ1n) is 5.20. The van der Waals surface area contributed by atoms with Crippen molar-refractivity contribution in [1.29, 1.82) is 0 Å². The van der Waals surface area contributed by atoms with Gasteiger partial charge in [0, 0.05) is 0 Å². The van der Waals surface area contributed by atoms with Crippen LogP contribution in [0.1, 0.15) is 24.8 Å². The normalized spacial score (nSPS) is 30.6. The Bertz CT molecular complexity index is 334. The Labute approximate surface area is 79.3 Å². The molecule has 2 aliphatic carbocycles. The van der Waals surface area contributed by atoms with Crippen molar-refractivity contribution in [3.63, 3.8) is 0 Å². The molecule has 1 fully saturated rings. The summed E-state index contributed by atoms with van der Waals surface area (Å²) in [6, 6.07) is 10.9. The van der Waals surface area contributed by atoms with Crippen molar-refractivity contribution in [3.8, 4) is 0 Å². The van der Waals surface area contributed by atoms with Gasteiger partial charge < -0.3 is 0 Å². The first-order chi connectivity index (χ1) is 6.43. The molecule has 0 heterocycles. The summed E-state index contributed by atoms with van der Waals surface area (Å²) in [5.41, 5.74) is 3.08. The highest BCUT2D eigenvalue weighted by molar-refractivity contribution is 5.70. The molecule has 13 heavy (non-hydrogen) atoms. The fourth-order valence-corrected chi connectivity index (χ4v) is 2.80. The summed E-state index contributed by atoms with van der Waals surface area (Å²) in [5.74, 6) is 1.78. The zero-order chi connectivity index (χ0) is 8.67. The van der Waals surface area contributed by atoms with E-state index in [1.165, 1.54) is 24.8 Å². The van der Waals surface area contributed by atoms with Crippen molar-refractivity contribution in [3.05, 3.63) is 42.0 Å². The molecule has 0 nitrogen and oxygen atoms in total. The van der Waals surface area contributed by atoms with Crippen LogP contribution in [0.25, 0.3) is 5.57 Å². The van der Waals surface area contributed by atoms with Crippen molar-refractivity contribution in [2.75, 3.05) is 0 Å². The predicted octanol–water partition coefficient (Wildman–Crippen LogP) is 3.50. The summed E-state index contributed by atoms with van der Waals surface area (Å²) >= 11 is 0. The maximum Gasteiger partial charge on any atom is -0.0153 e. The maximum absolute atomic E-state index is 2.50. The average molecular weight is 170 g/mol. The largest absolute Gasteiger partial charge is 0.0773 e. The van der Waals surface area contributed by atoms with E-state index in [0.717, 1.165) is 11.8 Å². The molecule has 0 amide bonds. The Morgan fingerprint density at radius 2 is 1.85 bits per heavy atom. The third-order valence-electron chi connectivity index (χ3n) is 3.44. The number of fused-ring (bicyclic) bond motifs is 2. The van der Waals surface area contributed by atoms with E-state index in [9.17, 15) is 0 Å². The monoisotopic (exact) mass is 170 g/mol. The van der Waals surface area contributed by atoms with E-state index >= 15 is 0 Å². The van der Waals surface area contributed by atoms with Crippen molar-refractivity contribution in [2.45, 2.75) is 19.3 Å². The van der Waals surface area contributed by atoms with Gasteiger partial charge in [-0.15, -0.1) is 0 Å². The fraction of sp³-hybridized carbons (Fsp3) is 0.385. The number of hydrogen-bond acceptors (Lipinski definition) is 0. The highest BCUT2D eigenvalue weighted by atomic mass is 14.4. The molecule has 0 heteroatoms. The molecule has 0 saturated heterocycles. The Hall–Kier alpha value is -1.04. The minimum absolute atomic E-state index is 0.882. The van der Waals surface area contributed by atoms with E-state index in [-0.39, 0.29) is 0 Å². The molecule has 0 N–H and O–H groups in total. The van der Waals surface area contributed by atoms with Gasteiger partial charge in [0.2, 0.25) is 0 Å². The van der Waals surface area contributed by atoms with Crippen LogP contribution in [0.15, 0.2) is 36.4 Å². The summed E-state index contributed by atoms with van der Waals surface area (Å²) in [4.78, 5) is 0. The summed E-state index contributed by atoms with van der Waals surface area (Å²) in [7, 11) is 0. The van der Waals surface area contributed by atoms with E-state index in [1.54, 1.807) is 5.57 Å². The molecular weight excluding hydrogens is 156 g/mol. The second-order valence-electron chi connectivity index (χ2n) is 4.26. The highest BCUT2D eigenvalue weighted by Gasteiger charge is 2.32. The number of benzene rings is 1. The number of rotatable bonds is 1. The zero-order valence-electron chi connectivity index (χ0n) is 7.74. The van der Waals surface area contributed by atoms with Gasteiger partial charge in [-0.2, -0.15) is 0 Å². The lowest BCUT2D eigenvalue weighted by Crippen LogP contribution is -1.95. The summed E-state index contributed by atoms with van der Waals surface area (Å²) in [6.45, 7) is 0. The topological polar surface area (TPSA) is 0 Å². The minimum atomic E-state index is 0.882. The molecule has 0 radical (unpaired) electrons.